The van der Waals surface area contributed by atoms with Crippen LogP contribution in [0.4, 0.5) is 5.69 Å². The highest BCUT2D eigenvalue weighted by Gasteiger charge is 2.37. The average molecular weight is 447 g/mol. The Morgan fingerprint density at radius 1 is 1.29 bits per heavy atom. The number of rotatable bonds is 4. The number of benzene rings is 1. The lowest BCUT2D eigenvalue weighted by Gasteiger charge is -2.26. The topological polar surface area (TPSA) is 124 Å². The maximum atomic E-state index is 12.3. The highest BCUT2D eigenvalue weighted by molar-refractivity contribution is 7.83. The molecule has 31 heavy (non-hydrogen) atoms. The monoisotopic (exact) mass is 446 g/mol. The van der Waals surface area contributed by atoms with Crippen molar-refractivity contribution in [3.8, 4) is 5.75 Å². The van der Waals surface area contributed by atoms with Gasteiger partial charge in [0.25, 0.3) is 22.9 Å². The molecule has 1 aromatic heterocycles. The molecule has 0 spiro atoms. The first-order valence-electron chi connectivity index (χ1n) is 9.77. The number of nitrogens with two attached hydrogens (primary N) is 1. The molecule has 0 saturated carbocycles. The summed E-state index contributed by atoms with van der Waals surface area (Å²) < 4.78 is 26.0. The van der Waals surface area contributed by atoms with E-state index in [0.29, 0.717) is 5.84 Å². The third-order valence-electron chi connectivity index (χ3n) is 4.83. The summed E-state index contributed by atoms with van der Waals surface area (Å²) in [6, 6.07) is 6.60. The third-order valence-corrected chi connectivity index (χ3v) is 5.52. The third kappa shape index (κ3) is 5.02. The van der Waals surface area contributed by atoms with Crippen molar-refractivity contribution in [1.29, 1.82) is 0 Å². The largest absolute Gasteiger partial charge is 0.505 e. The van der Waals surface area contributed by atoms with Crippen molar-refractivity contribution >= 4 is 34.4 Å². The first-order chi connectivity index (χ1) is 14.5. The summed E-state index contributed by atoms with van der Waals surface area (Å²) >= 11 is -1.78. The van der Waals surface area contributed by atoms with Crippen LogP contribution >= 0.6 is 0 Å². The molecule has 1 aromatic carbocycles. The number of nitrogens with zero attached hydrogens (tertiary/aromatic N) is 3. The Morgan fingerprint density at radius 2 is 2.00 bits per heavy atom. The number of hydrogen-bond donors (Lipinski definition) is 3. The van der Waals surface area contributed by atoms with Crippen molar-refractivity contribution in [2.24, 2.45) is 14.2 Å². The molecule has 1 amide bonds. The van der Waals surface area contributed by atoms with E-state index in [1.165, 1.54) is 11.0 Å². The van der Waals surface area contributed by atoms with Gasteiger partial charge >= 0.3 is 0 Å². The van der Waals surface area contributed by atoms with Gasteiger partial charge < -0.3 is 19.7 Å². The Morgan fingerprint density at radius 3 is 2.58 bits per heavy atom. The Hall–Kier alpha value is -2.98. The van der Waals surface area contributed by atoms with Gasteiger partial charge in [-0.05, 0) is 30.7 Å². The molecule has 2 unspecified atom stereocenters. The van der Waals surface area contributed by atoms with Gasteiger partial charge in [0.2, 0.25) is 5.84 Å². The summed E-state index contributed by atoms with van der Waals surface area (Å²) in [7, 11) is 3.21. The Bertz CT molecular complexity index is 1080. The first kappa shape index (κ1) is 22.7. The fraction of sp³-hybridized carbons (Fsp3) is 0.381. The van der Waals surface area contributed by atoms with E-state index in [2.05, 4.69) is 34.9 Å². The van der Waals surface area contributed by atoms with E-state index in [-0.39, 0.29) is 40.2 Å². The van der Waals surface area contributed by atoms with E-state index in [9.17, 15) is 14.1 Å². The zero-order chi connectivity index (χ0) is 22.9. The van der Waals surface area contributed by atoms with Crippen LogP contribution in [-0.2, 0) is 11.2 Å². The van der Waals surface area contributed by atoms with Crippen LogP contribution in [0, 0.1) is 12.3 Å². The molecule has 4 N–H and O–H groups in total. The quantitative estimate of drug-likeness (QED) is 0.621. The minimum Gasteiger partial charge on any atom is -0.505 e. The van der Waals surface area contributed by atoms with Crippen LogP contribution in [0.2, 0.25) is 0 Å². The Balaban J connectivity index is 1.89. The Kier molecular flexibility index (Phi) is 6.33. The number of phenols is 1. The number of quaternary nitrogens is 1. The summed E-state index contributed by atoms with van der Waals surface area (Å²) in [6.45, 7) is 8.18. The summed E-state index contributed by atoms with van der Waals surface area (Å²) in [5, 5.41) is 15.4. The zero-order valence-corrected chi connectivity index (χ0v) is 19.3. The van der Waals surface area contributed by atoms with Gasteiger partial charge in [0.05, 0.1) is 17.5 Å². The molecule has 2 aromatic rings. The number of para-hydroxylation sites is 1. The number of aryl methyl sites for hydroxylation is 1. The summed E-state index contributed by atoms with van der Waals surface area (Å²) in [5.74, 6) is 0.873. The lowest BCUT2D eigenvalue weighted by molar-refractivity contribution is -0.604. The van der Waals surface area contributed by atoms with Gasteiger partial charge in [-0.1, -0.05) is 26.8 Å². The van der Waals surface area contributed by atoms with Gasteiger partial charge in [-0.2, -0.15) is 0 Å². The molecule has 1 aliphatic rings. The van der Waals surface area contributed by atoms with Crippen molar-refractivity contribution in [2.75, 3.05) is 19.4 Å². The number of carbonyl (C=O) groups is 1. The van der Waals surface area contributed by atoms with E-state index in [1.54, 1.807) is 32.5 Å². The summed E-state index contributed by atoms with van der Waals surface area (Å²) in [5.41, 5.74) is 1.22. The molecule has 0 fully saturated rings. The molecule has 0 saturated heterocycles. The van der Waals surface area contributed by atoms with Crippen LogP contribution in [0.15, 0.2) is 43.7 Å². The number of amidine groups is 2. The smallest absolute Gasteiger partial charge is 0.279 e. The van der Waals surface area contributed by atoms with Crippen molar-refractivity contribution in [2.45, 2.75) is 33.7 Å². The van der Waals surface area contributed by atoms with E-state index in [1.807, 2.05) is 18.3 Å². The number of aromatic hydroxyl groups is 1. The first-order valence-corrected chi connectivity index (χ1v) is 10.8. The molecule has 166 valence electrons. The fourth-order valence-corrected chi connectivity index (χ4v) is 3.84. The second-order valence-corrected chi connectivity index (χ2v) is 9.54. The van der Waals surface area contributed by atoms with Gasteiger partial charge in [-0.3, -0.25) is 10.1 Å². The highest BCUT2D eigenvalue weighted by Crippen LogP contribution is 2.31. The molecule has 1 aliphatic heterocycles. The van der Waals surface area contributed by atoms with Crippen LogP contribution in [0.1, 0.15) is 48.5 Å². The van der Waals surface area contributed by atoms with Gasteiger partial charge in [-0.25, -0.2) is 4.21 Å². The molecule has 10 heteroatoms. The molecular formula is C21H28N5O4S+. The molecule has 2 heterocycles. The van der Waals surface area contributed by atoms with E-state index in [0.717, 1.165) is 11.3 Å². The number of nitrogens with one attached hydrogen (secondary N) is 1. The lowest BCUT2D eigenvalue weighted by atomic mass is 9.85. The normalized spacial score (nSPS) is 17.2. The maximum absolute atomic E-state index is 12.3. The highest BCUT2D eigenvalue weighted by atomic mass is 32.2. The SMILES string of the molecule is Cc1coc(C([NH2+]C2=NS(=O)N=C2Nc2cccc(C(=O)N(C)C)c2O)C(C)(C)C)c1. The second kappa shape index (κ2) is 8.64. The summed E-state index contributed by atoms with van der Waals surface area (Å²) in [6.07, 6.45) is 1.69. The van der Waals surface area contributed by atoms with Crippen molar-refractivity contribution < 1.29 is 23.8 Å². The van der Waals surface area contributed by atoms with E-state index >= 15 is 0 Å². The van der Waals surface area contributed by atoms with Crippen LogP contribution in [0.5, 0.6) is 5.75 Å². The number of furan rings is 1. The molecular weight excluding hydrogens is 418 g/mol. The fourth-order valence-electron chi connectivity index (χ4n) is 3.19. The molecule has 9 nitrogen and oxygen atoms in total. The molecule has 0 radical (unpaired) electrons. The minimum absolute atomic E-state index is 0.149. The molecule has 2 atom stereocenters. The van der Waals surface area contributed by atoms with Crippen molar-refractivity contribution in [3.05, 3.63) is 47.4 Å². The van der Waals surface area contributed by atoms with Crippen LogP contribution in [0.3, 0.4) is 0 Å². The van der Waals surface area contributed by atoms with Crippen LogP contribution in [0.25, 0.3) is 0 Å². The predicted molar refractivity (Wildman–Crippen MR) is 120 cm³/mol. The number of amides is 1. The predicted octanol–water partition coefficient (Wildman–Crippen LogP) is 2.15. The average Bonchev–Trinajstić information content (AvgIpc) is 3.24. The Labute approximate surface area is 184 Å². The minimum atomic E-state index is -1.78. The number of phenolic OH excluding ortho intramolecular Hbond substituents is 1. The molecule has 0 aliphatic carbocycles. The number of carbonyl (C=O) groups excluding carboxylic acids is 1. The summed E-state index contributed by atoms with van der Waals surface area (Å²) in [4.78, 5) is 13.7. The van der Waals surface area contributed by atoms with E-state index < -0.39 is 11.2 Å². The lowest BCUT2D eigenvalue weighted by Crippen LogP contribution is -2.92. The standard InChI is InChI=1S/C21H27N5O4S/c1-12-10-15(30-11-12)17(21(2,3)4)23-19-18(24-31(29)25-19)22-14-9-7-8-13(16(14)27)20(28)26(5)6/h7-11,17,27H,1-6H3,(H,22,24)(H,23,25)/p+1. The molecule has 0 bridgehead atoms. The van der Waals surface area contributed by atoms with Gasteiger partial charge in [0.1, 0.15) is 0 Å². The van der Waals surface area contributed by atoms with E-state index in [4.69, 9.17) is 4.42 Å². The van der Waals surface area contributed by atoms with Gasteiger partial charge in [0.15, 0.2) is 17.6 Å². The number of hydrogen-bond acceptors (Lipinski definition) is 5. The second-order valence-electron chi connectivity index (χ2n) is 8.71. The maximum Gasteiger partial charge on any atom is 0.279 e. The zero-order valence-electron chi connectivity index (χ0n) is 18.5. The van der Waals surface area contributed by atoms with Crippen LogP contribution < -0.4 is 10.6 Å². The van der Waals surface area contributed by atoms with Crippen molar-refractivity contribution in [3.63, 3.8) is 0 Å². The van der Waals surface area contributed by atoms with Gasteiger partial charge in [-0.15, -0.1) is 8.80 Å². The van der Waals surface area contributed by atoms with Gasteiger partial charge in [0, 0.05) is 19.5 Å². The van der Waals surface area contributed by atoms with Crippen LogP contribution in [-0.4, -0.2) is 45.9 Å². The van der Waals surface area contributed by atoms with Crippen molar-refractivity contribution in [1.82, 2.24) is 4.90 Å². The number of anilines is 1. The molecule has 3 rings (SSSR count).